The van der Waals surface area contributed by atoms with E-state index in [0.29, 0.717) is 6.42 Å². The SMILES string of the molecule is CCOCC1(CNC(=O)CCc2ccnn2C)CCC1. The molecule has 1 aliphatic rings. The van der Waals surface area contributed by atoms with Crippen LogP contribution < -0.4 is 5.32 Å². The predicted molar refractivity (Wildman–Crippen MR) is 77.3 cm³/mol. The van der Waals surface area contributed by atoms with E-state index in [4.69, 9.17) is 4.74 Å². The van der Waals surface area contributed by atoms with Gasteiger partial charge in [0, 0.05) is 43.9 Å². The molecule has 0 unspecified atom stereocenters. The van der Waals surface area contributed by atoms with Crippen LogP contribution in [0, 0.1) is 5.41 Å². The Morgan fingerprint density at radius 2 is 2.35 bits per heavy atom. The van der Waals surface area contributed by atoms with E-state index in [2.05, 4.69) is 10.4 Å². The molecule has 2 rings (SSSR count). The number of carbonyl (C=O) groups excluding carboxylic acids is 1. The van der Waals surface area contributed by atoms with E-state index in [-0.39, 0.29) is 11.3 Å². The molecule has 1 aromatic rings. The highest BCUT2D eigenvalue weighted by Gasteiger charge is 2.37. The average Bonchev–Trinajstić information content (AvgIpc) is 2.80. The molecule has 1 fully saturated rings. The Morgan fingerprint density at radius 3 is 2.90 bits per heavy atom. The second kappa shape index (κ2) is 6.88. The number of carbonyl (C=O) groups is 1. The van der Waals surface area contributed by atoms with Crippen LogP contribution in [0.2, 0.25) is 0 Å². The first kappa shape index (κ1) is 15.0. The van der Waals surface area contributed by atoms with Gasteiger partial charge < -0.3 is 10.1 Å². The standard InChI is InChI=1S/C15H25N3O2/c1-3-20-12-15(8-4-9-15)11-16-14(19)6-5-13-7-10-17-18(13)2/h7,10H,3-6,8-9,11-12H2,1-2H3,(H,16,19). The molecular formula is C15H25N3O2. The number of hydrogen-bond acceptors (Lipinski definition) is 3. The summed E-state index contributed by atoms with van der Waals surface area (Å²) in [6.45, 7) is 4.28. The van der Waals surface area contributed by atoms with Crippen molar-refractivity contribution in [3.05, 3.63) is 18.0 Å². The zero-order valence-corrected chi connectivity index (χ0v) is 12.5. The molecule has 112 valence electrons. The molecule has 0 radical (unpaired) electrons. The van der Waals surface area contributed by atoms with E-state index >= 15 is 0 Å². The Balaban J connectivity index is 1.70. The highest BCUT2D eigenvalue weighted by atomic mass is 16.5. The van der Waals surface area contributed by atoms with Crippen molar-refractivity contribution in [1.29, 1.82) is 0 Å². The molecule has 1 aromatic heterocycles. The van der Waals surface area contributed by atoms with E-state index in [0.717, 1.165) is 44.7 Å². The van der Waals surface area contributed by atoms with Crippen molar-refractivity contribution in [2.75, 3.05) is 19.8 Å². The second-order valence-corrected chi connectivity index (χ2v) is 5.71. The Morgan fingerprint density at radius 1 is 1.55 bits per heavy atom. The first-order valence-corrected chi connectivity index (χ1v) is 7.46. The summed E-state index contributed by atoms with van der Waals surface area (Å²) in [4.78, 5) is 11.9. The molecule has 1 heterocycles. The van der Waals surface area contributed by atoms with Gasteiger partial charge in [0.1, 0.15) is 0 Å². The fourth-order valence-electron chi connectivity index (χ4n) is 2.63. The van der Waals surface area contributed by atoms with Gasteiger partial charge in [0.25, 0.3) is 0 Å². The third kappa shape index (κ3) is 3.82. The van der Waals surface area contributed by atoms with E-state index in [1.54, 1.807) is 6.20 Å². The van der Waals surface area contributed by atoms with E-state index < -0.39 is 0 Å². The molecule has 20 heavy (non-hydrogen) atoms. The van der Waals surface area contributed by atoms with Gasteiger partial charge in [0.15, 0.2) is 0 Å². The fraction of sp³-hybridized carbons (Fsp3) is 0.733. The van der Waals surface area contributed by atoms with Crippen molar-refractivity contribution in [3.8, 4) is 0 Å². The topological polar surface area (TPSA) is 56.1 Å². The summed E-state index contributed by atoms with van der Waals surface area (Å²) in [6.07, 6.45) is 6.59. The number of amides is 1. The summed E-state index contributed by atoms with van der Waals surface area (Å²) in [5.74, 6) is 0.119. The van der Waals surface area contributed by atoms with Crippen LogP contribution in [-0.2, 0) is 23.0 Å². The summed E-state index contributed by atoms with van der Waals surface area (Å²) in [6, 6.07) is 1.95. The lowest BCUT2D eigenvalue weighted by molar-refractivity contribution is -0.122. The average molecular weight is 279 g/mol. The first-order valence-electron chi connectivity index (χ1n) is 7.46. The van der Waals surface area contributed by atoms with Crippen LogP contribution in [-0.4, -0.2) is 35.4 Å². The van der Waals surface area contributed by atoms with Gasteiger partial charge >= 0.3 is 0 Å². The minimum atomic E-state index is 0.119. The predicted octanol–water partition coefficient (Wildman–Crippen LogP) is 1.68. The molecule has 1 amide bonds. The fourth-order valence-corrected chi connectivity index (χ4v) is 2.63. The van der Waals surface area contributed by atoms with Crippen LogP contribution >= 0.6 is 0 Å². The molecule has 0 aliphatic heterocycles. The van der Waals surface area contributed by atoms with Crippen molar-refractivity contribution in [1.82, 2.24) is 15.1 Å². The van der Waals surface area contributed by atoms with Crippen LogP contribution in [0.4, 0.5) is 0 Å². The van der Waals surface area contributed by atoms with Crippen LogP contribution in [0.1, 0.15) is 38.3 Å². The maximum Gasteiger partial charge on any atom is 0.220 e. The number of hydrogen-bond donors (Lipinski definition) is 1. The van der Waals surface area contributed by atoms with Gasteiger partial charge in [-0.2, -0.15) is 5.10 Å². The van der Waals surface area contributed by atoms with Crippen molar-refractivity contribution < 1.29 is 9.53 Å². The molecule has 0 saturated heterocycles. The highest BCUT2D eigenvalue weighted by Crippen LogP contribution is 2.40. The zero-order valence-electron chi connectivity index (χ0n) is 12.5. The molecule has 1 N–H and O–H groups in total. The maximum atomic E-state index is 11.9. The van der Waals surface area contributed by atoms with Crippen LogP contribution in [0.3, 0.4) is 0 Å². The number of aromatic nitrogens is 2. The quantitative estimate of drug-likeness (QED) is 0.787. The molecule has 0 spiro atoms. The first-order chi connectivity index (χ1) is 9.65. The Kier molecular flexibility index (Phi) is 5.17. The third-order valence-electron chi connectivity index (χ3n) is 4.22. The lowest BCUT2D eigenvalue weighted by Gasteiger charge is -2.41. The minimum Gasteiger partial charge on any atom is -0.381 e. The van der Waals surface area contributed by atoms with Gasteiger partial charge in [-0.1, -0.05) is 6.42 Å². The lowest BCUT2D eigenvalue weighted by atomic mass is 9.69. The number of nitrogens with zero attached hydrogens (tertiary/aromatic N) is 2. The molecule has 0 aromatic carbocycles. The zero-order chi connectivity index (χ0) is 14.4. The largest absolute Gasteiger partial charge is 0.381 e. The Hall–Kier alpha value is -1.36. The van der Waals surface area contributed by atoms with Crippen molar-refractivity contribution in [2.45, 2.75) is 39.0 Å². The highest BCUT2D eigenvalue weighted by molar-refractivity contribution is 5.76. The normalized spacial score (nSPS) is 16.7. The van der Waals surface area contributed by atoms with Crippen LogP contribution in [0.15, 0.2) is 12.3 Å². The summed E-state index contributed by atoms with van der Waals surface area (Å²) in [5, 5.41) is 7.17. The third-order valence-corrected chi connectivity index (χ3v) is 4.22. The number of aryl methyl sites for hydroxylation is 2. The van der Waals surface area contributed by atoms with Gasteiger partial charge in [-0.05, 0) is 32.3 Å². The molecule has 5 heteroatoms. The summed E-state index contributed by atoms with van der Waals surface area (Å²) in [7, 11) is 1.90. The molecule has 1 saturated carbocycles. The van der Waals surface area contributed by atoms with Gasteiger partial charge in [-0.3, -0.25) is 9.48 Å². The van der Waals surface area contributed by atoms with Crippen molar-refractivity contribution >= 4 is 5.91 Å². The maximum absolute atomic E-state index is 11.9. The molecule has 0 bridgehead atoms. The molecule has 0 atom stereocenters. The van der Waals surface area contributed by atoms with E-state index in [9.17, 15) is 4.79 Å². The molecule has 5 nitrogen and oxygen atoms in total. The van der Waals surface area contributed by atoms with Crippen LogP contribution in [0.25, 0.3) is 0 Å². The smallest absolute Gasteiger partial charge is 0.220 e. The number of nitrogens with one attached hydrogen (secondary N) is 1. The molecule has 1 aliphatic carbocycles. The van der Waals surface area contributed by atoms with Gasteiger partial charge in [0.2, 0.25) is 5.91 Å². The Labute approximate surface area is 120 Å². The summed E-state index contributed by atoms with van der Waals surface area (Å²) >= 11 is 0. The minimum absolute atomic E-state index is 0.119. The monoisotopic (exact) mass is 279 g/mol. The van der Waals surface area contributed by atoms with Gasteiger partial charge in [0.05, 0.1) is 6.61 Å². The van der Waals surface area contributed by atoms with Gasteiger partial charge in [-0.25, -0.2) is 0 Å². The van der Waals surface area contributed by atoms with Crippen molar-refractivity contribution in [2.24, 2.45) is 12.5 Å². The van der Waals surface area contributed by atoms with Gasteiger partial charge in [-0.15, -0.1) is 0 Å². The lowest BCUT2D eigenvalue weighted by Crippen LogP contribution is -2.45. The van der Waals surface area contributed by atoms with E-state index in [1.165, 1.54) is 6.42 Å². The van der Waals surface area contributed by atoms with E-state index in [1.807, 2.05) is 24.7 Å². The van der Waals surface area contributed by atoms with Crippen LogP contribution in [0.5, 0.6) is 0 Å². The molecular weight excluding hydrogens is 254 g/mol. The number of rotatable bonds is 8. The summed E-state index contributed by atoms with van der Waals surface area (Å²) < 4.78 is 7.36. The Bertz CT molecular complexity index is 438. The summed E-state index contributed by atoms with van der Waals surface area (Å²) in [5.41, 5.74) is 1.28. The second-order valence-electron chi connectivity index (χ2n) is 5.71. The van der Waals surface area contributed by atoms with Crippen molar-refractivity contribution in [3.63, 3.8) is 0 Å². The number of ether oxygens (including phenoxy) is 1.